The summed E-state index contributed by atoms with van der Waals surface area (Å²) in [5.74, 6) is -1.07. The molecule has 5 heteroatoms. The van der Waals surface area contributed by atoms with Crippen molar-refractivity contribution >= 4 is 11.9 Å². The smallest absolute Gasteiger partial charge is 0.320 e. The first-order valence-corrected chi connectivity index (χ1v) is 11.2. The van der Waals surface area contributed by atoms with Gasteiger partial charge in [0.15, 0.2) is 0 Å². The van der Waals surface area contributed by atoms with E-state index in [1.165, 1.54) is 70.6 Å². The first-order chi connectivity index (χ1) is 13.3. The quantitative estimate of drug-likeness (QED) is 0.220. The van der Waals surface area contributed by atoms with Crippen LogP contribution in [-0.4, -0.2) is 23.0 Å². The normalized spacial score (nSPS) is 12.0. The van der Waals surface area contributed by atoms with Gasteiger partial charge in [0.1, 0.15) is 6.04 Å². The van der Waals surface area contributed by atoms with Crippen molar-refractivity contribution in [1.82, 2.24) is 0 Å². The third kappa shape index (κ3) is 24.6. The number of aliphatic carboxylic acids is 1. The Labute approximate surface area is 173 Å². The molecule has 0 aliphatic carbocycles. The molecule has 0 aromatic rings. The van der Waals surface area contributed by atoms with E-state index < -0.39 is 12.0 Å². The van der Waals surface area contributed by atoms with Crippen molar-refractivity contribution < 1.29 is 14.7 Å². The van der Waals surface area contributed by atoms with E-state index in [9.17, 15) is 9.59 Å². The minimum absolute atomic E-state index is 0.0208. The lowest BCUT2D eigenvalue weighted by atomic mass is 10.1. The number of carboxylic acid groups (broad SMARTS) is 1. The predicted molar refractivity (Wildman–Crippen MR) is 119 cm³/mol. The van der Waals surface area contributed by atoms with Gasteiger partial charge in [0.05, 0.1) is 0 Å². The monoisotopic (exact) mass is 398 g/mol. The van der Waals surface area contributed by atoms with Crippen LogP contribution in [0, 0.1) is 5.92 Å². The van der Waals surface area contributed by atoms with Gasteiger partial charge < -0.3 is 16.6 Å². The number of rotatable bonds is 17. The van der Waals surface area contributed by atoms with Gasteiger partial charge in [-0.1, -0.05) is 84.3 Å². The Morgan fingerprint density at radius 3 is 1.61 bits per heavy atom. The largest absolute Gasteiger partial charge is 0.480 e. The fraction of sp³-hybridized carbons (Fsp3) is 0.826. The van der Waals surface area contributed by atoms with Gasteiger partial charge in [0.25, 0.3) is 0 Å². The number of unbranched alkanes of at least 4 members (excludes halogenated alkanes) is 11. The highest BCUT2D eigenvalue weighted by Crippen LogP contribution is 2.09. The number of carbonyl (C=O) groups excluding carboxylic acids is 1. The lowest BCUT2D eigenvalue weighted by molar-refractivity contribution is -0.139. The summed E-state index contributed by atoms with van der Waals surface area (Å²) in [7, 11) is 0. The Balaban J connectivity index is 0. The second-order valence-corrected chi connectivity index (χ2v) is 7.91. The summed E-state index contributed by atoms with van der Waals surface area (Å²) in [6, 6.07) is -0.713. The summed E-state index contributed by atoms with van der Waals surface area (Å²) >= 11 is 0. The van der Waals surface area contributed by atoms with Crippen LogP contribution in [0.2, 0.25) is 0 Å². The number of hydrogen-bond acceptors (Lipinski definition) is 3. The van der Waals surface area contributed by atoms with Crippen LogP contribution in [0.5, 0.6) is 0 Å². The molecule has 0 fully saturated rings. The number of nitrogens with two attached hydrogens (primary N) is 2. The molecule has 1 amide bonds. The number of amides is 1. The minimum atomic E-state index is -0.931. The third-order valence-electron chi connectivity index (χ3n) is 4.69. The van der Waals surface area contributed by atoms with E-state index in [1.54, 1.807) is 13.8 Å². The number of carboxylic acids is 1. The zero-order valence-corrected chi connectivity index (χ0v) is 18.6. The van der Waals surface area contributed by atoms with Crippen LogP contribution in [0.1, 0.15) is 111 Å². The highest BCUT2D eigenvalue weighted by atomic mass is 16.4. The van der Waals surface area contributed by atoms with Gasteiger partial charge >= 0.3 is 5.97 Å². The maximum atomic E-state index is 10.5. The fourth-order valence-electron chi connectivity index (χ4n) is 2.66. The minimum Gasteiger partial charge on any atom is -0.480 e. The molecule has 28 heavy (non-hydrogen) atoms. The fourth-order valence-corrected chi connectivity index (χ4v) is 2.66. The number of hydrogen-bond donors (Lipinski definition) is 3. The molecule has 0 aliphatic rings. The molecule has 5 N–H and O–H groups in total. The van der Waals surface area contributed by atoms with E-state index in [2.05, 4.69) is 19.1 Å². The summed E-state index contributed by atoms with van der Waals surface area (Å²) in [6.45, 7) is 5.82. The zero-order chi connectivity index (χ0) is 21.6. The van der Waals surface area contributed by atoms with Crippen LogP contribution in [-0.2, 0) is 9.59 Å². The third-order valence-corrected chi connectivity index (χ3v) is 4.69. The molecule has 5 nitrogen and oxygen atoms in total. The highest BCUT2D eigenvalue weighted by Gasteiger charge is 2.14. The maximum Gasteiger partial charge on any atom is 0.320 e. The van der Waals surface area contributed by atoms with Crippen molar-refractivity contribution in [2.45, 2.75) is 117 Å². The van der Waals surface area contributed by atoms with Crippen LogP contribution in [0.25, 0.3) is 0 Å². The Morgan fingerprint density at radius 2 is 1.25 bits per heavy atom. The van der Waals surface area contributed by atoms with Gasteiger partial charge in [0.2, 0.25) is 5.91 Å². The van der Waals surface area contributed by atoms with Crippen molar-refractivity contribution in [3.05, 3.63) is 12.2 Å². The van der Waals surface area contributed by atoms with Gasteiger partial charge in [-0.2, -0.15) is 0 Å². The van der Waals surface area contributed by atoms with Gasteiger partial charge in [0, 0.05) is 6.42 Å². The molecule has 0 radical (unpaired) electrons. The van der Waals surface area contributed by atoms with Gasteiger partial charge in [-0.3, -0.25) is 9.59 Å². The second kappa shape index (κ2) is 21.9. The summed E-state index contributed by atoms with van der Waals surface area (Å²) in [5, 5.41) is 8.23. The molecular weight excluding hydrogens is 352 g/mol. The van der Waals surface area contributed by atoms with E-state index in [0.29, 0.717) is 6.42 Å². The van der Waals surface area contributed by atoms with E-state index in [0.717, 1.165) is 12.8 Å². The van der Waals surface area contributed by atoms with Crippen LogP contribution >= 0.6 is 0 Å². The average Bonchev–Trinajstić information content (AvgIpc) is 2.64. The SMILES string of the molecule is CC(C)[C@H](N)C(=O)O.CCCCCCCC/C=C\CCCCCCCC(N)=O. The van der Waals surface area contributed by atoms with E-state index in [4.69, 9.17) is 16.6 Å². The van der Waals surface area contributed by atoms with Crippen LogP contribution in [0.15, 0.2) is 12.2 Å². The van der Waals surface area contributed by atoms with Crippen molar-refractivity contribution in [2.75, 3.05) is 0 Å². The number of allylic oxidation sites excluding steroid dienone is 2. The first kappa shape index (κ1) is 28.8. The van der Waals surface area contributed by atoms with Crippen molar-refractivity contribution in [3.8, 4) is 0 Å². The van der Waals surface area contributed by atoms with Crippen molar-refractivity contribution in [3.63, 3.8) is 0 Å². The Kier molecular flexibility index (Phi) is 22.6. The molecule has 0 aliphatic heterocycles. The molecule has 0 spiro atoms. The molecule has 166 valence electrons. The summed E-state index contributed by atoms with van der Waals surface area (Å²) in [6.07, 6.45) is 21.9. The summed E-state index contributed by atoms with van der Waals surface area (Å²) in [4.78, 5) is 20.6. The molecule has 0 rings (SSSR count). The van der Waals surface area contributed by atoms with Crippen LogP contribution < -0.4 is 11.5 Å². The number of carbonyl (C=O) groups is 2. The van der Waals surface area contributed by atoms with E-state index in [-0.39, 0.29) is 11.8 Å². The molecule has 0 aromatic heterocycles. The Bertz CT molecular complexity index is 395. The van der Waals surface area contributed by atoms with E-state index >= 15 is 0 Å². The Morgan fingerprint density at radius 1 is 0.821 bits per heavy atom. The predicted octanol–water partition coefficient (Wildman–Crippen LogP) is 5.56. The number of primary amides is 1. The molecule has 0 saturated heterocycles. The maximum absolute atomic E-state index is 10.5. The lowest BCUT2D eigenvalue weighted by Gasteiger charge is -2.07. The molecule has 0 unspecified atom stereocenters. The molecule has 1 atom stereocenters. The van der Waals surface area contributed by atoms with Gasteiger partial charge in [-0.05, 0) is 38.0 Å². The lowest BCUT2D eigenvalue weighted by Crippen LogP contribution is -2.34. The average molecular weight is 399 g/mol. The first-order valence-electron chi connectivity index (χ1n) is 11.2. The van der Waals surface area contributed by atoms with Crippen molar-refractivity contribution in [1.29, 1.82) is 0 Å². The molecule has 0 bridgehead atoms. The molecule has 0 saturated carbocycles. The van der Waals surface area contributed by atoms with Crippen LogP contribution in [0.3, 0.4) is 0 Å². The van der Waals surface area contributed by atoms with Crippen LogP contribution in [0.4, 0.5) is 0 Å². The summed E-state index contributed by atoms with van der Waals surface area (Å²) in [5.41, 5.74) is 10.3. The molecular formula is C23H46N2O3. The second-order valence-electron chi connectivity index (χ2n) is 7.91. The topological polar surface area (TPSA) is 106 Å². The molecule has 0 heterocycles. The molecule has 0 aromatic carbocycles. The zero-order valence-electron chi connectivity index (χ0n) is 18.6. The Hall–Kier alpha value is -1.36. The van der Waals surface area contributed by atoms with E-state index in [1.807, 2.05) is 0 Å². The summed E-state index contributed by atoms with van der Waals surface area (Å²) < 4.78 is 0. The van der Waals surface area contributed by atoms with Crippen molar-refractivity contribution in [2.24, 2.45) is 17.4 Å². The highest BCUT2D eigenvalue weighted by molar-refractivity contribution is 5.73. The van der Waals surface area contributed by atoms with Gasteiger partial charge in [-0.25, -0.2) is 0 Å². The standard InChI is InChI=1S/C18H35NO.C5H11NO2/c1-2-3-4-5-6-7-8-9-10-11-12-13-14-15-16-17-18(19)20;1-3(2)4(6)5(7)8/h9-10H,2-8,11-17H2,1H3,(H2,19,20);3-4H,6H2,1-2H3,(H,7,8)/b10-9-;/t;4-/m.0/s1. The van der Waals surface area contributed by atoms with Gasteiger partial charge in [-0.15, -0.1) is 0 Å².